The molecule has 0 aliphatic heterocycles. The zero-order chi connectivity index (χ0) is 21.0. The van der Waals surface area contributed by atoms with E-state index in [1.165, 1.54) is 0 Å². The summed E-state index contributed by atoms with van der Waals surface area (Å²) in [7, 11) is 0. The van der Waals surface area contributed by atoms with Crippen molar-refractivity contribution in [3.05, 3.63) is 96.1 Å². The van der Waals surface area contributed by atoms with Crippen LogP contribution in [-0.2, 0) is 17.9 Å². The molecule has 0 saturated heterocycles. The molecule has 30 heavy (non-hydrogen) atoms. The summed E-state index contributed by atoms with van der Waals surface area (Å²) in [6.45, 7) is 0.547. The normalized spacial score (nSPS) is 10.6. The molecule has 0 atom stereocenters. The Hall–Kier alpha value is -4.31. The Morgan fingerprint density at radius 1 is 0.900 bits per heavy atom. The number of nitriles is 1. The molecule has 3 aromatic carbocycles. The van der Waals surface area contributed by atoms with Gasteiger partial charge in [0, 0.05) is 12.2 Å². The molecule has 3 rings (SSSR count). The fourth-order valence-electron chi connectivity index (χ4n) is 2.50. The first-order chi connectivity index (χ1) is 14.7. The molecule has 3 aromatic rings. The number of nitrogens with one attached hydrogen (secondary N) is 2. The lowest BCUT2D eigenvalue weighted by molar-refractivity contribution is 0.139. The van der Waals surface area contributed by atoms with Gasteiger partial charge in [-0.1, -0.05) is 60.7 Å². The SMILES string of the molecule is N#C/N=C(\Nc1ccc(CNC(=O)OCc2ccccc2)cc1)Oc1ccccc1. The number of alkyl carbamates (subject to hydrolysis) is 1. The van der Waals surface area contributed by atoms with E-state index >= 15 is 0 Å². The summed E-state index contributed by atoms with van der Waals surface area (Å²) < 4.78 is 10.8. The van der Waals surface area contributed by atoms with Crippen LogP contribution in [0.15, 0.2) is 89.9 Å². The Morgan fingerprint density at radius 2 is 1.57 bits per heavy atom. The highest BCUT2D eigenvalue weighted by molar-refractivity contribution is 5.91. The van der Waals surface area contributed by atoms with Crippen LogP contribution >= 0.6 is 0 Å². The molecule has 7 nitrogen and oxygen atoms in total. The number of para-hydroxylation sites is 1. The fourth-order valence-corrected chi connectivity index (χ4v) is 2.50. The Bertz CT molecular complexity index is 1010. The maximum Gasteiger partial charge on any atom is 0.407 e. The largest absolute Gasteiger partial charge is 0.445 e. The van der Waals surface area contributed by atoms with Gasteiger partial charge < -0.3 is 20.1 Å². The number of carbonyl (C=O) groups excluding carboxylic acids is 1. The lowest BCUT2D eigenvalue weighted by atomic mass is 10.2. The second-order valence-corrected chi connectivity index (χ2v) is 6.17. The van der Waals surface area contributed by atoms with Crippen molar-refractivity contribution < 1.29 is 14.3 Å². The van der Waals surface area contributed by atoms with Crippen molar-refractivity contribution in [1.29, 1.82) is 5.26 Å². The van der Waals surface area contributed by atoms with Gasteiger partial charge in [-0.05, 0) is 35.4 Å². The third-order valence-corrected chi connectivity index (χ3v) is 3.96. The smallest absolute Gasteiger partial charge is 0.407 e. The second-order valence-electron chi connectivity index (χ2n) is 6.17. The number of hydrogen-bond acceptors (Lipinski definition) is 5. The summed E-state index contributed by atoms with van der Waals surface area (Å²) in [5.74, 6) is 0.564. The van der Waals surface area contributed by atoms with E-state index in [2.05, 4.69) is 15.6 Å². The van der Waals surface area contributed by atoms with Gasteiger partial charge in [-0.3, -0.25) is 0 Å². The molecule has 0 aliphatic carbocycles. The maximum absolute atomic E-state index is 11.8. The molecule has 0 unspecified atom stereocenters. The number of amidine groups is 1. The molecule has 7 heteroatoms. The zero-order valence-electron chi connectivity index (χ0n) is 16.1. The van der Waals surface area contributed by atoms with E-state index in [1.807, 2.05) is 60.7 Å². The van der Waals surface area contributed by atoms with Gasteiger partial charge in [0.25, 0.3) is 0 Å². The summed E-state index contributed by atoms with van der Waals surface area (Å²) in [4.78, 5) is 15.5. The van der Waals surface area contributed by atoms with Gasteiger partial charge in [0.2, 0.25) is 6.19 Å². The van der Waals surface area contributed by atoms with Crippen LogP contribution in [0.4, 0.5) is 10.5 Å². The van der Waals surface area contributed by atoms with E-state index in [-0.39, 0.29) is 12.6 Å². The highest BCUT2D eigenvalue weighted by Crippen LogP contribution is 2.13. The molecule has 0 heterocycles. The van der Waals surface area contributed by atoms with Crippen molar-refractivity contribution >= 4 is 17.8 Å². The van der Waals surface area contributed by atoms with Gasteiger partial charge in [0.05, 0.1) is 0 Å². The van der Waals surface area contributed by atoms with E-state index in [4.69, 9.17) is 14.7 Å². The molecule has 0 saturated carbocycles. The molecule has 0 bridgehead atoms. The molecule has 0 aliphatic rings. The molecule has 1 amide bonds. The summed E-state index contributed by atoms with van der Waals surface area (Å²) in [6, 6.07) is 25.9. The maximum atomic E-state index is 11.8. The minimum Gasteiger partial charge on any atom is -0.445 e. The van der Waals surface area contributed by atoms with E-state index in [0.717, 1.165) is 11.1 Å². The van der Waals surface area contributed by atoms with Gasteiger partial charge in [-0.15, -0.1) is 4.99 Å². The van der Waals surface area contributed by atoms with Crippen molar-refractivity contribution in [1.82, 2.24) is 5.32 Å². The third kappa shape index (κ3) is 6.69. The van der Waals surface area contributed by atoms with Crippen molar-refractivity contribution in [2.24, 2.45) is 4.99 Å². The predicted molar refractivity (Wildman–Crippen MR) is 114 cm³/mol. The van der Waals surface area contributed by atoms with Gasteiger partial charge in [0.15, 0.2) is 0 Å². The van der Waals surface area contributed by atoms with Crippen LogP contribution in [0.5, 0.6) is 5.75 Å². The summed E-state index contributed by atoms with van der Waals surface area (Å²) >= 11 is 0. The number of ether oxygens (including phenoxy) is 2. The Kier molecular flexibility index (Phi) is 7.41. The molecular weight excluding hydrogens is 380 g/mol. The van der Waals surface area contributed by atoms with E-state index < -0.39 is 6.09 Å². The number of anilines is 1. The topological polar surface area (TPSA) is 95.7 Å². The summed E-state index contributed by atoms with van der Waals surface area (Å²) in [6.07, 6.45) is 1.23. The van der Waals surface area contributed by atoms with Crippen LogP contribution in [0, 0.1) is 11.5 Å². The van der Waals surface area contributed by atoms with Crippen molar-refractivity contribution in [2.45, 2.75) is 13.2 Å². The Labute approximate surface area is 174 Å². The van der Waals surface area contributed by atoms with Crippen LogP contribution in [0.25, 0.3) is 0 Å². The molecule has 0 fully saturated rings. The van der Waals surface area contributed by atoms with Crippen LogP contribution in [-0.4, -0.2) is 12.1 Å². The number of rotatable bonds is 6. The first-order valence-electron chi connectivity index (χ1n) is 9.23. The first kappa shape index (κ1) is 20.4. The number of aliphatic imine (C=N–C) groups is 1. The number of carbonyl (C=O) groups is 1. The number of hydrogen-bond donors (Lipinski definition) is 2. The van der Waals surface area contributed by atoms with Crippen LogP contribution in [0.3, 0.4) is 0 Å². The van der Waals surface area contributed by atoms with Crippen molar-refractivity contribution in [2.75, 3.05) is 5.32 Å². The quantitative estimate of drug-likeness (QED) is 0.362. The van der Waals surface area contributed by atoms with Gasteiger partial charge in [-0.25, -0.2) is 4.79 Å². The number of amides is 1. The predicted octanol–water partition coefficient (Wildman–Crippen LogP) is 4.44. The van der Waals surface area contributed by atoms with Crippen molar-refractivity contribution in [3.63, 3.8) is 0 Å². The van der Waals surface area contributed by atoms with Crippen molar-refractivity contribution in [3.8, 4) is 11.9 Å². The summed E-state index contributed by atoms with van der Waals surface area (Å²) in [5.41, 5.74) is 2.51. The van der Waals surface area contributed by atoms with Crippen LogP contribution in [0.1, 0.15) is 11.1 Å². The highest BCUT2D eigenvalue weighted by Gasteiger charge is 2.06. The minimum absolute atomic E-state index is 0.0686. The second kappa shape index (κ2) is 10.9. The van der Waals surface area contributed by atoms with E-state index in [1.54, 1.807) is 30.5 Å². The molecule has 0 radical (unpaired) electrons. The zero-order valence-corrected chi connectivity index (χ0v) is 16.1. The monoisotopic (exact) mass is 400 g/mol. The highest BCUT2D eigenvalue weighted by atomic mass is 16.5. The Balaban J connectivity index is 1.48. The molecular formula is C23H20N4O3. The number of nitrogens with zero attached hydrogens (tertiary/aromatic N) is 2. The van der Waals surface area contributed by atoms with E-state index in [0.29, 0.717) is 18.0 Å². The molecule has 0 aromatic heterocycles. The lowest BCUT2D eigenvalue weighted by Crippen LogP contribution is -2.23. The van der Waals surface area contributed by atoms with Crippen LogP contribution < -0.4 is 15.4 Å². The molecule has 150 valence electrons. The van der Waals surface area contributed by atoms with E-state index in [9.17, 15) is 4.79 Å². The average molecular weight is 400 g/mol. The summed E-state index contributed by atoms with van der Waals surface area (Å²) in [5, 5.41) is 14.5. The standard InChI is InChI=1S/C23H20N4O3/c24-17-26-22(30-21-9-5-2-6-10-21)27-20-13-11-18(12-14-20)15-25-23(28)29-16-19-7-3-1-4-8-19/h1-14H,15-16H2,(H,25,28)(H,26,27). The minimum atomic E-state index is -0.485. The van der Waals surface area contributed by atoms with Crippen LogP contribution in [0.2, 0.25) is 0 Å². The number of benzene rings is 3. The first-order valence-corrected chi connectivity index (χ1v) is 9.23. The molecule has 2 N–H and O–H groups in total. The van der Waals surface area contributed by atoms with Gasteiger partial charge in [-0.2, -0.15) is 5.26 Å². The lowest BCUT2D eigenvalue weighted by Gasteiger charge is -2.11. The third-order valence-electron chi connectivity index (χ3n) is 3.96. The Morgan fingerprint density at radius 3 is 2.23 bits per heavy atom. The average Bonchev–Trinajstić information content (AvgIpc) is 2.79. The van der Waals surface area contributed by atoms with Gasteiger partial charge in [0.1, 0.15) is 12.4 Å². The fraction of sp³-hybridized carbons (Fsp3) is 0.0870. The molecule has 0 spiro atoms. The van der Waals surface area contributed by atoms with Gasteiger partial charge >= 0.3 is 12.1 Å².